The van der Waals surface area contributed by atoms with Gasteiger partial charge in [-0.15, -0.1) is 0 Å². The summed E-state index contributed by atoms with van der Waals surface area (Å²) in [6.45, 7) is 1.70. The van der Waals surface area contributed by atoms with E-state index >= 15 is 0 Å². The summed E-state index contributed by atoms with van der Waals surface area (Å²) in [7, 11) is 1.79. The van der Waals surface area contributed by atoms with Crippen LogP contribution in [0.4, 0.5) is 18.9 Å². The highest BCUT2D eigenvalue weighted by Gasteiger charge is 2.20. The molecule has 0 radical (unpaired) electrons. The number of halogens is 4. The van der Waals surface area contributed by atoms with Crippen LogP contribution in [-0.2, 0) is 7.05 Å². The van der Waals surface area contributed by atoms with Gasteiger partial charge in [0.2, 0.25) is 0 Å². The molecule has 1 N–H and O–H groups in total. The minimum Gasteiger partial charge on any atom is -0.378 e. The lowest BCUT2D eigenvalue weighted by Crippen LogP contribution is -2.10. The molecular weight excluding hydrogens is 415 g/mol. The van der Waals surface area contributed by atoms with Crippen molar-refractivity contribution in [3.05, 3.63) is 71.0 Å². The Morgan fingerprint density at radius 3 is 2.63 bits per heavy atom. The minimum atomic E-state index is -2.88. The largest absolute Gasteiger partial charge is 0.378 e. The van der Waals surface area contributed by atoms with Gasteiger partial charge < -0.3 is 5.32 Å². The van der Waals surface area contributed by atoms with Crippen molar-refractivity contribution in [2.45, 2.75) is 19.4 Å². The molecule has 0 fully saturated rings. The first kappa shape index (κ1) is 20.2. The van der Waals surface area contributed by atoms with Crippen molar-refractivity contribution < 1.29 is 13.2 Å². The molecule has 5 nitrogen and oxygen atoms in total. The fourth-order valence-electron chi connectivity index (χ4n) is 3.37. The molecule has 3 aromatic heterocycles. The van der Waals surface area contributed by atoms with E-state index < -0.39 is 23.8 Å². The molecule has 4 aromatic rings. The maximum atomic E-state index is 14.6. The Morgan fingerprint density at radius 2 is 1.93 bits per heavy atom. The smallest absolute Gasteiger partial charge is 0.266 e. The van der Waals surface area contributed by atoms with E-state index in [4.69, 9.17) is 11.6 Å². The number of nitrogens with zero attached hydrogens (tertiary/aromatic N) is 4. The fourth-order valence-corrected chi connectivity index (χ4v) is 3.57. The predicted molar refractivity (Wildman–Crippen MR) is 110 cm³/mol. The third kappa shape index (κ3) is 3.70. The van der Waals surface area contributed by atoms with Crippen LogP contribution in [0, 0.1) is 5.82 Å². The Balaban J connectivity index is 1.77. The lowest BCUT2D eigenvalue weighted by atomic mass is 10.0. The van der Waals surface area contributed by atoms with Gasteiger partial charge in [-0.2, -0.15) is 5.10 Å². The van der Waals surface area contributed by atoms with Crippen molar-refractivity contribution in [1.82, 2.24) is 19.7 Å². The van der Waals surface area contributed by atoms with E-state index in [0.717, 1.165) is 11.6 Å². The van der Waals surface area contributed by atoms with Crippen LogP contribution < -0.4 is 5.32 Å². The van der Waals surface area contributed by atoms with E-state index in [1.54, 1.807) is 49.4 Å². The molecule has 1 atom stereocenters. The lowest BCUT2D eigenvalue weighted by Gasteiger charge is -2.19. The number of anilines is 1. The quantitative estimate of drug-likeness (QED) is 0.398. The molecule has 0 bridgehead atoms. The molecule has 9 heteroatoms. The van der Waals surface area contributed by atoms with E-state index in [1.165, 1.54) is 12.1 Å². The van der Waals surface area contributed by atoms with Crippen molar-refractivity contribution in [3.63, 3.8) is 0 Å². The van der Waals surface area contributed by atoms with Crippen molar-refractivity contribution >= 4 is 28.2 Å². The van der Waals surface area contributed by atoms with Gasteiger partial charge in [0.15, 0.2) is 0 Å². The van der Waals surface area contributed by atoms with Crippen LogP contribution in [-0.4, -0.2) is 19.7 Å². The van der Waals surface area contributed by atoms with Gasteiger partial charge in [-0.25, -0.2) is 18.2 Å². The Kier molecular flexibility index (Phi) is 5.34. The lowest BCUT2D eigenvalue weighted by molar-refractivity contribution is 0.146. The van der Waals surface area contributed by atoms with E-state index in [9.17, 15) is 13.2 Å². The average Bonchev–Trinajstić information content (AvgIpc) is 3.14. The minimum absolute atomic E-state index is 0.144. The number of alkyl halides is 2. The Morgan fingerprint density at radius 1 is 1.17 bits per heavy atom. The third-order valence-electron chi connectivity index (χ3n) is 4.81. The van der Waals surface area contributed by atoms with Crippen molar-refractivity contribution in [2.75, 3.05) is 5.32 Å². The van der Waals surface area contributed by atoms with Gasteiger partial charge in [-0.3, -0.25) is 9.67 Å². The summed E-state index contributed by atoms with van der Waals surface area (Å²) in [4.78, 5) is 8.82. The van der Waals surface area contributed by atoms with Crippen molar-refractivity contribution in [3.8, 4) is 11.3 Å². The zero-order valence-corrected chi connectivity index (χ0v) is 16.8. The topological polar surface area (TPSA) is 55.6 Å². The first-order chi connectivity index (χ1) is 14.3. The van der Waals surface area contributed by atoms with Crippen LogP contribution in [0.15, 0.2) is 48.9 Å². The zero-order chi connectivity index (χ0) is 21.4. The Bertz CT molecular complexity index is 1220. The van der Waals surface area contributed by atoms with Crippen LogP contribution in [0.2, 0.25) is 5.15 Å². The Hall–Kier alpha value is -3.13. The van der Waals surface area contributed by atoms with Gasteiger partial charge in [-0.1, -0.05) is 29.8 Å². The molecule has 1 aromatic carbocycles. The van der Waals surface area contributed by atoms with Gasteiger partial charge >= 0.3 is 0 Å². The molecule has 0 unspecified atom stereocenters. The number of benzene rings is 1. The number of fused-ring (bicyclic) bond motifs is 1. The summed E-state index contributed by atoms with van der Waals surface area (Å²) in [5, 5.41) is 8.28. The zero-order valence-electron chi connectivity index (χ0n) is 16.1. The van der Waals surface area contributed by atoms with Crippen LogP contribution in [0.5, 0.6) is 0 Å². The summed E-state index contributed by atoms with van der Waals surface area (Å²) in [6.07, 6.45) is 2.17. The van der Waals surface area contributed by atoms with E-state index in [-0.39, 0.29) is 10.7 Å². The van der Waals surface area contributed by atoms with Gasteiger partial charge in [-0.05, 0) is 19.1 Å². The van der Waals surface area contributed by atoms with Gasteiger partial charge in [0.25, 0.3) is 6.43 Å². The SMILES string of the molecule is C[C@@H](Nc1ccnc2c(-c3cnn(C)c3)nc(Cl)cc12)c1cccc(C(F)F)c1F. The molecule has 4 rings (SSSR count). The monoisotopic (exact) mass is 431 g/mol. The second-order valence-electron chi connectivity index (χ2n) is 6.87. The highest BCUT2D eigenvalue weighted by molar-refractivity contribution is 6.30. The maximum Gasteiger partial charge on any atom is 0.266 e. The molecule has 0 aliphatic rings. The highest BCUT2D eigenvalue weighted by atomic mass is 35.5. The maximum absolute atomic E-state index is 14.6. The predicted octanol–water partition coefficient (Wildman–Crippen LogP) is 5.93. The second kappa shape index (κ2) is 7.95. The first-order valence-corrected chi connectivity index (χ1v) is 9.50. The number of rotatable bonds is 5. The molecule has 0 saturated heterocycles. The van der Waals surface area contributed by atoms with E-state index in [1.807, 2.05) is 0 Å². The number of aryl methyl sites for hydroxylation is 1. The normalized spacial score (nSPS) is 12.5. The summed E-state index contributed by atoms with van der Waals surface area (Å²) < 4.78 is 42.3. The second-order valence-corrected chi connectivity index (χ2v) is 7.26. The summed E-state index contributed by atoms with van der Waals surface area (Å²) >= 11 is 6.25. The number of nitrogens with one attached hydrogen (secondary N) is 1. The van der Waals surface area contributed by atoms with Crippen LogP contribution in [0.1, 0.15) is 30.5 Å². The van der Waals surface area contributed by atoms with Gasteiger partial charge in [0.05, 0.1) is 23.3 Å². The molecule has 0 saturated carbocycles. The third-order valence-corrected chi connectivity index (χ3v) is 5.00. The first-order valence-electron chi connectivity index (χ1n) is 9.12. The molecule has 3 heterocycles. The van der Waals surface area contributed by atoms with Crippen LogP contribution in [0.25, 0.3) is 22.2 Å². The summed E-state index contributed by atoms with van der Waals surface area (Å²) in [5.74, 6) is -0.915. The molecular formula is C21H17ClF3N5. The molecule has 30 heavy (non-hydrogen) atoms. The fraction of sp³-hybridized carbons (Fsp3) is 0.190. The molecule has 0 spiro atoms. The van der Waals surface area contributed by atoms with E-state index in [0.29, 0.717) is 22.3 Å². The molecule has 154 valence electrons. The Labute approximate surface area is 175 Å². The highest BCUT2D eigenvalue weighted by Crippen LogP contribution is 2.34. The van der Waals surface area contributed by atoms with Crippen LogP contribution >= 0.6 is 11.6 Å². The number of pyridine rings is 2. The number of hydrogen-bond donors (Lipinski definition) is 1. The standard InChI is InChI=1S/C21H17ClF3N5/c1-11(13-4-3-5-14(18(13)23)21(24)25)28-16-6-7-26-20-15(16)8-17(22)29-19(20)12-9-27-30(2)10-12/h3-11,21H,1-2H3,(H,26,28)/t11-/m1/s1. The summed E-state index contributed by atoms with van der Waals surface area (Å²) in [5.41, 5.74) is 2.05. The number of aromatic nitrogens is 4. The van der Waals surface area contributed by atoms with Gasteiger partial charge in [0, 0.05) is 41.6 Å². The summed E-state index contributed by atoms with van der Waals surface area (Å²) in [6, 6.07) is 6.79. The number of hydrogen-bond acceptors (Lipinski definition) is 4. The molecule has 0 aliphatic carbocycles. The van der Waals surface area contributed by atoms with E-state index in [2.05, 4.69) is 20.4 Å². The van der Waals surface area contributed by atoms with Crippen molar-refractivity contribution in [2.24, 2.45) is 7.05 Å². The van der Waals surface area contributed by atoms with Gasteiger partial charge in [0.1, 0.15) is 16.7 Å². The van der Waals surface area contributed by atoms with Crippen LogP contribution in [0.3, 0.4) is 0 Å². The molecule has 0 amide bonds. The van der Waals surface area contributed by atoms with Crippen molar-refractivity contribution in [1.29, 1.82) is 0 Å². The molecule has 0 aliphatic heterocycles. The average molecular weight is 432 g/mol.